The van der Waals surface area contributed by atoms with Crippen molar-refractivity contribution in [3.8, 4) is 0 Å². The van der Waals surface area contributed by atoms with E-state index in [0.29, 0.717) is 0 Å². The van der Waals surface area contributed by atoms with Crippen molar-refractivity contribution in [2.75, 3.05) is 0 Å². The Balaban J connectivity index is 2.08. The molecule has 0 aliphatic carbocycles. The third kappa shape index (κ3) is 2.52. The summed E-state index contributed by atoms with van der Waals surface area (Å²) in [4.78, 5) is 0. The Morgan fingerprint density at radius 3 is 2.44 bits per heavy atom. The van der Waals surface area contributed by atoms with Gasteiger partial charge in [0.25, 0.3) is 0 Å². The van der Waals surface area contributed by atoms with Crippen molar-refractivity contribution >= 4 is 8.80 Å². The second-order valence-electron chi connectivity index (χ2n) is 3.04. The molecule has 1 rings (SSSR count). The SMILES string of the molecule is CC[CH][SiH]1CCCCC1. The van der Waals surface area contributed by atoms with Crippen LogP contribution >= 0.6 is 0 Å². The maximum atomic E-state index is 2.62. The van der Waals surface area contributed by atoms with E-state index in [-0.39, 0.29) is 8.80 Å². The highest BCUT2D eigenvalue weighted by Gasteiger charge is 2.12. The molecular formula is C8H17Si. The van der Waals surface area contributed by atoms with E-state index in [0.717, 1.165) is 0 Å². The van der Waals surface area contributed by atoms with Crippen LogP contribution in [0.4, 0.5) is 0 Å². The van der Waals surface area contributed by atoms with Crippen LogP contribution in [-0.4, -0.2) is 8.80 Å². The van der Waals surface area contributed by atoms with Gasteiger partial charge in [0.1, 0.15) is 0 Å². The lowest BCUT2D eigenvalue weighted by atomic mass is 10.3. The summed E-state index contributed by atoms with van der Waals surface area (Å²) in [5.74, 6) is 0. The van der Waals surface area contributed by atoms with E-state index in [1.807, 2.05) is 0 Å². The zero-order chi connectivity index (χ0) is 6.53. The van der Waals surface area contributed by atoms with Crippen LogP contribution in [0.25, 0.3) is 0 Å². The molecule has 1 aliphatic rings. The van der Waals surface area contributed by atoms with E-state index < -0.39 is 0 Å². The summed E-state index contributed by atoms with van der Waals surface area (Å²) in [5.41, 5.74) is 0. The average molecular weight is 141 g/mol. The van der Waals surface area contributed by atoms with Gasteiger partial charge < -0.3 is 0 Å². The molecule has 0 amide bonds. The van der Waals surface area contributed by atoms with Gasteiger partial charge in [-0.3, -0.25) is 0 Å². The van der Waals surface area contributed by atoms with E-state index in [4.69, 9.17) is 0 Å². The average Bonchev–Trinajstić information content (AvgIpc) is 1.91. The molecule has 0 aromatic carbocycles. The number of rotatable bonds is 2. The summed E-state index contributed by atoms with van der Waals surface area (Å²) in [6.45, 7) is 2.28. The van der Waals surface area contributed by atoms with Crippen molar-refractivity contribution in [1.29, 1.82) is 0 Å². The fourth-order valence-corrected chi connectivity index (χ4v) is 4.76. The molecule has 0 bridgehead atoms. The largest absolute Gasteiger partial charge is 0.0654 e. The van der Waals surface area contributed by atoms with E-state index in [1.165, 1.54) is 25.7 Å². The maximum Gasteiger partial charge on any atom is 0.0398 e. The smallest absolute Gasteiger partial charge is 0.0398 e. The molecule has 1 heterocycles. The van der Waals surface area contributed by atoms with Crippen LogP contribution in [0, 0.1) is 6.04 Å². The molecule has 0 unspecified atom stereocenters. The lowest BCUT2D eigenvalue weighted by molar-refractivity contribution is 0.723. The zero-order valence-electron chi connectivity index (χ0n) is 6.40. The predicted octanol–water partition coefficient (Wildman–Crippen LogP) is 2.55. The highest BCUT2D eigenvalue weighted by atomic mass is 28.3. The lowest BCUT2D eigenvalue weighted by Gasteiger charge is -2.18. The van der Waals surface area contributed by atoms with Crippen LogP contribution in [0.5, 0.6) is 0 Å². The van der Waals surface area contributed by atoms with Gasteiger partial charge >= 0.3 is 0 Å². The normalized spacial score (nSPS) is 22.3. The van der Waals surface area contributed by atoms with Crippen LogP contribution in [0.2, 0.25) is 12.1 Å². The summed E-state index contributed by atoms with van der Waals surface area (Å²) in [7, 11) is -0.251. The molecule has 1 radical (unpaired) electrons. The first-order valence-electron chi connectivity index (χ1n) is 4.27. The van der Waals surface area contributed by atoms with E-state index in [1.54, 1.807) is 12.1 Å². The molecule has 1 fully saturated rings. The minimum Gasteiger partial charge on any atom is -0.0654 e. The Morgan fingerprint density at radius 2 is 1.89 bits per heavy atom. The van der Waals surface area contributed by atoms with Gasteiger partial charge in [-0.2, -0.15) is 0 Å². The molecule has 0 aromatic rings. The molecule has 1 saturated heterocycles. The Bertz CT molecular complexity index is 62.2. The summed E-state index contributed by atoms with van der Waals surface area (Å²) >= 11 is 0. The molecule has 0 aromatic heterocycles. The van der Waals surface area contributed by atoms with Crippen LogP contribution in [0.3, 0.4) is 0 Å². The first-order chi connectivity index (χ1) is 4.43. The third-order valence-corrected chi connectivity index (χ3v) is 5.66. The standard InChI is InChI=1S/C8H17Si/c1-2-6-9-7-4-3-5-8-9/h6,9H,2-5,7-8H2,1H3. The Labute approximate surface area is 60.3 Å². The van der Waals surface area contributed by atoms with Gasteiger partial charge in [-0.05, 0) is 6.04 Å². The fourth-order valence-electron chi connectivity index (χ4n) is 1.70. The molecular weight excluding hydrogens is 124 g/mol. The molecule has 0 spiro atoms. The predicted molar refractivity (Wildman–Crippen MR) is 45.2 cm³/mol. The third-order valence-electron chi connectivity index (χ3n) is 2.22. The van der Waals surface area contributed by atoms with Gasteiger partial charge in [-0.25, -0.2) is 0 Å². The second kappa shape index (κ2) is 4.10. The van der Waals surface area contributed by atoms with Crippen molar-refractivity contribution < 1.29 is 0 Å². The van der Waals surface area contributed by atoms with Gasteiger partial charge in [-0.1, -0.05) is 44.7 Å². The molecule has 0 nitrogen and oxygen atoms in total. The quantitative estimate of drug-likeness (QED) is 0.518. The van der Waals surface area contributed by atoms with Crippen molar-refractivity contribution in [3.05, 3.63) is 6.04 Å². The molecule has 53 valence electrons. The Kier molecular flexibility index (Phi) is 3.34. The second-order valence-corrected chi connectivity index (χ2v) is 6.19. The Morgan fingerprint density at radius 1 is 1.22 bits per heavy atom. The van der Waals surface area contributed by atoms with Crippen molar-refractivity contribution in [2.45, 2.75) is 44.7 Å². The lowest BCUT2D eigenvalue weighted by Crippen LogP contribution is -2.16. The minimum absolute atomic E-state index is 0.251. The molecule has 0 N–H and O–H groups in total. The molecule has 1 aliphatic heterocycles. The zero-order valence-corrected chi connectivity index (χ0v) is 7.55. The van der Waals surface area contributed by atoms with E-state index in [2.05, 4.69) is 13.0 Å². The van der Waals surface area contributed by atoms with Gasteiger partial charge in [0, 0.05) is 8.80 Å². The Hall–Kier alpha value is 0.217. The topological polar surface area (TPSA) is 0 Å². The minimum atomic E-state index is -0.251. The van der Waals surface area contributed by atoms with E-state index in [9.17, 15) is 0 Å². The first-order valence-corrected chi connectivity index (χ1v) is 6.56. The summed E-state index contributed by atoms with van der Waals surface area (Å²) in [6, 6.07) is 5.83. The highest BCUT2D eigenvalue weighted by Crippen LogP contribution is 2.20. The maximum absolute atomic E-state index is 2.62. The number of hydrogen-bond donors (Lipinski definition) is 0. The highest BCUT2D eigenvalue weighted by molar-refractivity contribution is 6.62. The molecule has 0 atom stereocenters. The van der Waals surface area contributed by atoms with Gasteiger partial charge in [0.2, 0.25) is 0 Å². The first kappa shape index (κ1) is 7.33. The molecule has 1 heteroatoms. The molecule has 0 saturated carbocycles. The number of hydrogen-bond acceptors (Lipinski definition) is 0. The van der Waals surface area contributed by atoms with Crippen molar-refractivity contribution in [2.24, 2.45) is 0 Å². The molecule has 9 heavy (non-hydrogen) atoms. The van der Waals surface area contributed by atoms with Crippen molar-refractivity contribution in [1.82, 2.24) is 0 Å². The van der Waals surface area contributed by atoms with Gasteiger partial charge in [-0.15, -0.1) is 0 Å². The van der Waals surface area contributed by atoms with Crippen LogP contribution in [-0.2, 0) is 0 Å². The van der Waals surface area contributed by atoms with Crippen LogP contribution in [0.15, 0.2) is 0 Å². The monoisotopic (exact) mass is 141 g/mol. The summed E-state index contributed by atoms with van der Waals surface area (Å²) < 4.78 is 0. The van der Waals surface area contributed by atoms with Gasteiger partial charge in [0.05, 0.1) is 0 Å². The van der Waals surface area contributed by atoms with Gasteiger partial charge in [0.15, 0.2) is 0 Å². The summed E-state index contributed by atoms with van der Waals surface area (Å²) in [5, 5.41) is 0. The fraction of sp³-hybridized carbons (Fsp3) is 0.875. The van der Waals surface area contributed by atoms with Crippen molar-refractivity contribution in [3.63, 3.8) is 0 Å². The van der Waals surface area contributed by atoms with Crippen LogP contribution in [0.1, 0.15) is 32.6 Å². The summed E-state index contributed by atoms with van der Waals surface area (Å²) in [6.07, 6.45) is 5.92. The van der Waals surface area contributed by atoms with E-state index >= 15 is 0 Å². The van der Waals surface area contributed by atoms with Crippen LogP contribution < -0.4 is 0 Å².